The molecule has 0 radical (unpaired) electrons. The van der Waals surface area contributed by atoms with Gasteiger partial charge in [-0.1, -0.05) is 31.2 Å². The number of hydrogen-bond acceptors (Lipinski definition) is 2. The van der Waals surface area contributed by atoms with Gasteiger partial charge >= 0.3 is 0 Å². The van der Waals surface area contributed by atoms with E-state index in [0.29, 0.717) is 11.0 Å². The van der Waals surface area contributed by atoms with Crippen LogP contribution in [0.15, 0.2) is 41.4 Å². The van der Waals surface area contributed by atoms with Gasteiger partial charge in [0, 0.05) is 0 Å². The zero-order valence-electron chi connectivity index (χ0n) is 14.8. The third-order valence-corrected chi connectivity index (χ3v) is 6.63. The summed E-state index contributed by atoms with van der Waals surface area (Å²) in [4.78, 5) is 13.4. The Kier molecular flexibility index (Phi) is 4.04. The first-order valence-corrected chi connectivity index (χ1v) is 9.13. The molecule has 0 N–H and O–H groups in total. The first kappa shape index (κ1) is 17.1. The molecule has 0 spiro atoms. The molecule has 0 amide bonds. The molecule has 0 unspecified atom stereocenters. The average Bonchev–Trinajstić information content (AvgIpc) is 2.66. The summed E-state index contributed by atoms with van der Waals surface area (Å²) in [6.45, 7) is 2.40. The maximum atomic E-state index is 14.0. The van der Waals surface area contributed by atoms with Crippen LogP contribution in [0.25, 0.3) is 11.1 Å². The summed E-state index contributed by atoms with van der Waals surface area (Å²) in [7, 11) is 0. The fraction of sp³-hybridized carbons (Fsp3) is 0.409. The minimum absolute atomic E-state index is 0.273. The fourth-order valence-electron chi connectivity index (χ4n) is 4.71. The van der Waals surface area contributed by atoms with E-state index in [-0.39, 0.29) is 5.41 Å². The Bertz CT molecular complexity index is 849. The molecule has 26 heavy (non-hydrogen) atoms. The van der Waals surface area contributed by atoms with Gasteiger partial charge in [0.05, 0.1) is 0 Å². The van der Waals surface area contributed by atoms with Crippen molar-refractivity contribution in [3.63, 3.8) is 0 Å². The van der Waals surface area contributed by atoms with Gasteiger partial charge in [0.2, 0.25) is 6.08 Å². The van der Waals surface area contributed by atoms with Crippen molar-refractivity contribution in [2.75, 3.05) is 0 Å². The van der Waals surface area contributed by atoms with E-state index in [1.807, 2.05) is 12.1 Å². The van der Waals surface area contributed by atoms with Gasteiger partial charge in [0.25, 0.3) is 0 Å². The van der Waals surface area contributed by atoms with Crippen LogP contribution < -0.4 is 0 Å². The molecule has 0 aliphatic heterocycles. The highest BCUT2D eigenvalue weighted by molar-refractivity contribution is 5.67. The molecule has 2 nitrogen and oxygen atoms in total. The van der Waals surface area contributed by atoms with Crippen LogP contribution in [-0.4, -0.2) is 6.08 Å². The molecule has 3 aliphatic rings. The minimum atomic E-state index is -0.857. The SMILES string of the molecule is CC12CCC(c3ccc(-c4cc(F)c(N=C=O)c(F)c4)cc3)(CC1)CC2. The van der Waals surface area contributed by atoms with Gasteiger partial charge in [-0.3, -0.25) is 0 Å². The molecular weight excluding hydrogens is 332 g/mol. The molecule has 3 aliphatic carbocycles. The summed E-state index contributed by atoms with van der Waals surface area (Å²) in [5.41, 5.74) is 2.74. The number of benzene rings is 2. The Morgan fingerprint density at radius 1 is 0.885 bits per heavy atom. The van der Waals surface area contributed by atoms with Crippen molar-refractivity contribution >= 4 is 11.8 Å². The van der Waals surface area contributed by atoms with Gasteiger partial charge in [-0.15, -0.1) is 0 Å². The monoisotopic (exact) mass is 353 g/mol. The first-order chi connectivity index (χ1) is 12.4. The predicted octanol–water partition coefficient (Wildman–Crippen LogP) is 6.21. The third kappa shape index (κ3) is 2.79. The van der Waals surface area contributed by atoms with Crippen LogP contribution >= 0.6 is 0 Å². The Balaban J connectivity index is 1.64. The van der Waals surface area contributed by atoms with E-state index in [1.54, 1.807) is 0 Å². The van der Waals surface area contributed by atoms with Crippen molar-refractivity contribution in [2.45, 2.75) is 50.9 Å². The average molecular weight is 353 g/mol. The number of fused-ring (bicyclic) bond motifs is 3. The molecule has 0 heterocycles. The summed E-state index contributed by atoms with van der Waals surface area (Å²) in [6.07, 6.45) is 8.71. The van der Waals surface area contributed by atoms with Gasteiger partial charge in [-0.2, -0.15) is 4.99 Å². The number of nitrogens with zero attached hydrogens (tertiary/aromatic N) is 1. The molecule has 3 fully saturated rings. The highest BCUT2D eigenvalue weighted by Gasteiger charge is 2.46. The molecule has 134 valence electrons. The van der Waals surface area contributed by atoms with Crippen molar-refractivity contribution in [3.05, 3.63) is 53.6 Å². The van der Waals surface area contributed by atoms with Crippen molar-refractivity contribution in [2.24, 2.45) is 10.4 Å². The van der Waals surface area contributed by atoms with Crippen LogP contribution in [0.2, 0.25) is 0 Å². The largest absolute Gasteiger partial charge is 0.240 e. The molecule has 2 aromatic rings. The van der Waals surface area contributed by atoms with Crippen molar-refractivity contribution in [1.29, 1.82) is 0 Å². The van der Waals surface area contributed by atoms with E-state index in [9.17, 15) is 13.6 Å². The molecule has 5 rings (SSSR count). The number of carbonyl (C=O) groups excluding carboxylic acids is 1. The Hall–Kier alpha value is -2.32. The second-order valence-corrected chi connectivity index (χ2v) is 8.16. The molecule has 2 aromatic carbocycles. The highest BCUT2D eigenvalue weighted by Crippen LogP contribution is 2.57. The van der Waals surface area contributed by atoms with Gasteiger partial charge in [0.1, 0.15) is 5.69 Å². The predicted molar refractivity (Wildman–Crippen MR) is 97.1 cm³/mol. The quantitative estimate of drug-likeness (QED) is 0.476. The maximum absolute atomic E-state index is 14.0. The lowest BCUT2D eigenvalue weighted by Gasteiger charge is -2.52. The fourth-order valence-corrected chi connectivity index (χ4v) is 4.71. The molecule has 0 saturated heterocycles. The second-order valence-electron chi connectivity index (χ2n) is 8.16. The van der Waals surface area contributed by atoms with Gasteiger partial charge in [-0.25, -0.2) is 13.6 Å². The van der Waals surface area contributed by atoms with Gasteiger partial charge < -0.3 is 0 Å². The first-order valence-electron chi connectivity index (χ1n) is 9.13. The minimum Gasteiger partial charge on any atom is -0.211 e. The van der Waals surface area contributed by atoms with E-state index in [1.165, 1.54) is 62.3 Å². The van der Waals surface area contributed by atoms with Crippen LogP contribution in [-0.2, 0) is 10.2 Å². The van der Waals surface area contributed by atoms with Gasteiger partial charge in [0.15, 0.2) is 11.6 Å². The normalized spacial score (nSPS) is 27.2. The van der Waals surface area contributed by atoms with Crippen molar-refractivity contribution < 1.29 is 13.6 Å². The number of aliphatic imine (C=N–C) groups is 1. The molecule has 0 atom stereocenters. The van der Waals surface area contributed by atoms with E-state index >= 15 is 0 Å². The Morgan fingerprint density at radius 3 is 1.92 bits per heavy atom. The molecular formula is C22H21F2NO. The third-order valence-electron chi connectivity index (χ3n) is 6.63. The zero-order chi connectivity index (χ0) is 18.4. The Morgan fingerprint density at radius 2 is 1.42 bits per heavy atom. The summed E-state index contributed by atoms with van der Waals surface area (Å²) in [5, 5.41) is 0. The standard InChI is InChI=1S/C22H21F2NO/c1-21-6-9-22(10-7-21,11-8-21)17-4-2-15(3-5-17)16-12-18(23)20(25-14-26)19(24)13-16/h2-5,12-13H,6-11H2,1H3. The van der Waals surface area contributed by atoms with E-state index in [4.69, 9.17) is 0 Å². The molecule has 0 aromatic heterocycles. The second kappa shape index (κ2) is 6.14. The topological polar surface area (TPSA) is 29.4 Å². The van der Waals surface area contributed by atoms with Crippen molar-refractivity contribution in [1.82, 2.24) is 0 Å². The summed E-state index contributed by atoms with van der Waals surface area (Å²) in [5.74, 6) is -1.71. The van der Waals surface area contributed by atoms with Crippen LogP contribution in [0, 0.1) is 17.0 Å². The molecule has 2 bridgehead atoms. The summed E-state index contributed by atoms with van der Waals surface area (Å²) < 4.78 is 28.0. The highest BCUT2D eigenvalue weighted by atomic mass is 19.1. The summed E-state index contributed by atoms with van der Waals surface area (Å²) >= 11 is 0. The van der Waals surface area contributed by atoms with E-state index in [2.05, 4.69) is 24.0 Å². The van der Waals surface area contributed by atoms with E-state index < -0.39 is 17.3 Å². The smallest absolute Gasteiger partial charge is 0.211 e. The van der Waals surface area contributed by atoms with Gasteiger partial charge in [-0.05, 0) is 78.2 Å². The lowest BCUT2D eigenvalue weighted by molar-refractivity contribution is 0.0556. The van der Waals surface area contributed by atoms with Crippen LogP contribution in [0.5, 0.6) is 0 Å². The zero-order valence-corrected chi connectivity index (χ0v) is 14.8. The van der Waals surface area contributed by atoms with Crippen LogP contribution in [0.1, 0.15) is 51.0 Å². The summed E-state index contributed by atoms with van der Waals surface area (Å²) in [6, 6.07) is 10.5. The maximum Gasteiger partial charge on any atom is 0.240 e. The van der Waals surface area contributed by atoms with E-state index in [0.717, 1.165) is 5.56 Å². The number of halogens is 2. The lowest BCUT2D eigenvalue weighted by Crippen LogP contribution is -2.42. The van der Waals surface area contributed by atoms with Crippen molar-refractivity contribution in [3.8, 4) is 11.1 Å². The van der Waals surface area contributed by atoms with Crippen LogP contribution in [0.4, 0.5) is 14.5 Å². The molecule has 4 heteroatoms. The number of isocyanates is 1. The Labute approximate surface area is 152 Å². The van der Waals surface area contributed by atoms with Crippen LogP contribution in [0.3, 0.4) is 0 Å². The number of hydrogen-bond donors (Lipinski definition) is 0. The number of rotatable bonds is 3. The lowest BCUT2D eigenvalue weighted by atomic mass is 9.52. The molecule has 3 saturated carbocycles.